The number of alkyl halides is 2. The van der Waals surface area contributed by atoms with Crippen LogP contribution in [-0.2, 0) is 0 Å². The maximum absolute atomic E-state index is 12.0. The van der Waals surface area contributed by atoms with Gasteiger partial charge < -0.3 is 10.1 Å². The lowest BCUT2D eigenvalue weighted by atomic mass is 10.3. The first kappa shape index (κ1) is 8.51. The van der Waals surface area contributed by atoms with E-state index in [-0.39, 0.29) is 0 Å². The number of nitrogens with zero attached hydrogens (tertiary/aromatic N) is 2. The third-order valence-corrected chi connectivity index (χ3v) is 1.21. The highest BCUT2D eigenvalue weighted by Crippen LogP contribution is 2.20. The van der Waals surface area contributed by atoms with Gasteiger partial charge >= 0.3 is 5.82 Å². The minimum absolute atomic E-state index is 0.392. The molecule has 6 heteroatoms. The summed E-state index contributed by atoms with van der Waals surface area (Å²) in [5.41, 5.74) is -0.392. The molecule has 0 saturated heterocycles. The van der Waals surface area contributed by atoms with Gasteiger partial charge in [-0.3, -0.25) is 0 Å². The second-order valence-corrected chi connectivity index (χ2v) is 2.01. The van der Waals surface area contributed by atoms with Crippen LogP contribution in [0.15, 0.2) is 18.3 Å². The number of aromatic nitrogens is 1. The Morgan fingerprint density at radius 2 is 2.25 bits per heavy atom. The molecule has 0 atom stereocenters. The molecule has 1 aromatic heterocycles. The summed E-state index contributed by atoms with van der Waals surface area (Å²) in [4.78, 5) is 12.5. The van der Waals surface area contributed by atoms with Crippen molar-refractivity contribution in [2.45, 2.75) is 6.43 Å². The maximum Gasteiger partial charge on any atom is 0.363 e. The molecular formula is C6H4F2N2O2. The molecule has 0 unspecified atom stereocenters. The first-order valence-corrected chi connectivity index (χ1v) is 3.00. The van der Waals surface area contributed by atoms with Crippen LogP contribution in [0.5, 0.6) is 0 Å². The predicted molar refractivity (Wildman–Crippen MR) is 35.8 cm³/mol. The molecular weight excluding hydrogens is 170 g/mol. The first-order valence-electron chi connectivity index (χ1n) is 3.00. The van der Waals surface area contributed by atoms with Crippen LogP contribution in [0.1, 0.15) is 12.0 Å². The van der Waals surface area contributed by atoms with Crippen molar-refractivity contribution in [1.82, 2.24) is 4.98 Å². The highest BCUT2D eigenvalue weighted by Gasteiger charge is 2.13. The van der Waals surface area contributed by atoms with E-state index in [0.717, 1.165) is 18.3 Å². The Balaban J connectivity index is 3.04. The van der Waals surface area contributed by atoms with Gasteiger partial charge in [-0.25, -0.2) is 8.78 Å². The predicted octanol–water partition coefficient (Wildman–Crippen LogP) is 1.93. The number of hydrogen-bond donors (Lipinski definition) is 0. The van der Waals surface area contributed by atoms with E-state index >= 15 is 0 Å². The summed E-state index contributed by atoms with van der Waals surface area (Å²) in [5.74, 6) is -0.562. The van der Waals surface area contributed by atoms with E-state index in [1.165, 1.54) is 0 Å². The molecule has 4 nitrogen and oxygen atoms in total. The topological polar surface area (TPSA) is 56.0 Å². The molecule has 0 spiro atoms. The summed E-state index contributed by atoms with van der Waals surface area (Å²) in [6.07, 6.45) is -1.72. The van der Waals surface area contributed by atoms with Gasteiger partial charge in [0.05, 0.1) is 0 Å². The molecule has 0 aliphatic rings. The van der Waals surface area contributed by atoms with Crippen LogP contribution in [0, 0.1) is 10.1 Å². The van der Waals surface area contributed by atoms with Gasteiger partial charge in [-0.05, 0) is 16.0 Å². The summed E-state index contributed by atoms with van der Waals surface area (Å²) >= 11 is 0. The van der Waals surface area contributed by atoms with E-state index < -0.39 is 22.7 Å². The second kappa shape index (κ2) is 3.21. The number of nitro groups is 1. The van der Waals surface area contributed by atoms with Crippen molar-refractivity contribution in [3.63, 3.8) is 0 Å². The molecule has 1 aromatic rings. The van der Waals surface area contributed by atoms with Crippen molar-refractivity contribution in [2.75, 3.05) is 0 Å². The van der Waals surface area contributed by atoms with E-state index in [2.05, 4.69) is 4.98 Å². The highest BCUT2D eigenvalue weighted by molar-refractivity contribution is 5.26. The average molecular weight is 174 g/mol. The van der Waals surface area contributed by atoms with Crippen LogP contribution in [0.3, 0.4) is 0 Å². The van der Waals surface area contributed by atoms with Gasteiger partial charge in [0.25, 0.3) is 6.43 Å². The minimum Gasteiger partial charge on any atom is -0.358 e. The molecule has 64 valence electrons. The fourth-order valence-electron chi connectivity index (χ4n) is 0.670. The van der Waals surface area contributed by atoms with Gasteiger partial charge in [-0.1, -0.05) is 0 Å². The van der Waals surface area contributed by atoms with Crippen LogP contribution in [0.2, 0.25) is 0 Å². The van der Waals surface area contributed by atoms with Crippen LogP contribution < -0.4 is 0 Å². The summed E-state index contributed by atoms with van der Waals surface area (Å²) in [6, 6.07) is 1.79. The van der Waals surface area contributed by atoms with E-state index in [0.29, 0.717) is 0 Å². The van der Waals surface area contributed by atoms with E-state index in [4.69, 9.17) is 0 Å². The minimum atomic E-state index is -2.70. The normalized spacial score (nSPS) is 10.2. The molecule has 0 aliphatic carbocycles. The lowest BCUT2D eigenvalue weighted by Gasteiger charge is -1.96. The molecule has 0 saturated carbocycles. The van der Waals surface area contributed by atoms with E-state index in [1.54, 1.807) is 0 Å². The third kappa shape index (κ3) is 1.71. The van der Waals surface area contributed by atoms with Crippen LogP contribution in [0.25, 0.3) is 0 Å². The average Bonchev–Trinajstić information content (AvgIpc) is 2.04. The van der Waals surface area contributed by atoms with Crippen molar-refractivity contribution in [1.29, 1.82) is 0 Å². The smallest absolute Gasteiger partial charge is 0.358 e. The SMILES string of the molecule is O=[N+]([O-])c1cc(C(F)F)ccn1. The molecule has 1 rings (SSSR count). The Morgan fingerprint density at radius 3 is 2.75 bits per heavy atom. The van der Waals surface area contributed by atoms with Gasteiger partial charge in [0.2, 0.25) is 0 Å². The Bertz CT molecular complexity index is 303. The molecule has 1 heterocycles. The third-order valence-electron chi connectivity index (χ3n) is 1.21. The molecule has 0 aromatic carbocycles. The summed E-state index contributed by atoms with van der Waals surface area (Å²) in [6.45, 7) is 0. The number of rotatable bonds is 2. The zero-order valence-electron chi connectivity index (χ0n) is 5.78. The largest absolute Gasteiger partial charge is 0.363 e. The van der Waals surface area contributed by atoms with Crippen LogP contribution in [0.4, 0.5) is 14.6 Å². The van der Waals surface area contributed by atoms with Crippen LogP contribution in [-0.4, -0.2) is 9.91 Å². The van der Waals surface area contributed by atoms with Crippen molar-refractivity contribution in [2.24, 2.45) is 0 Å². The monoisotopic (exact) mass is 174 g/mol. The van der Waals surface area contributed by atoms with Crippen molar-refractivity contribution in [3.05, 3.63) is 34.0 Å². The Morgan fingerprint density at radius 1 is 1.58 bits per heavy atom. The lowest BCUT2D eigenvalue weighted by Crippen LogP contribution is -1.93. The van der Waals surface area contributed by atoms with Gasteiger partial charge in [0, 0.05) is 11.6 Å². The number of pyridine rings is 1. The van der Waals surface area contributed by atoms with Crippen molar-refractivity contribution >= 4 is 5.82 Å². The molecule has 0 aliphatic heterocycles. The summed E-state index contributed by atoms with van der Waals surface area (Å²) in [5, 5.41) is 10.1. The lowest BCUT2D eigenvalue weighted by molar-refractivity contribution is -0.389. The first-order chi connectivity index (χ1) is 5.61. The molecule has 0 fully saturated rings. The quantitative estimate of drug-likeness (QED) is 0.508. The molecule has 12 heavy (non-hydrogen) atoms. The maximum atomic E-state index is 12.0. The van der Waals surface area contributed by atoms with Crippen LogP contribution >= 0.6 is 0 Å². The van der Waals surface area contributed by atoms with E-state index in [1.807, 2.05) is 0 Å². The Labute approximate surface area is 66.0 Å². The van der Waals surface area contributed by atoms with Crippen molar-refractivity contribution in [3.8, 4) is 0 Å². The second-order valence-electron chi connectivity index (χ2n) is 2.01. The highest BCUT2D eigenvalue weighted by atomic mass is 19.3. The fourth-order valence-corrected chi connectivity index (χ4v) is 0.670. The zero-order chi connectivity index (χ0) is 9.14. The molecule has 0 N–H and O–H groups in total. The molecule has 0 bridgehead atoms. The number of hydrogen-bond acceptors (Lipinski definition) is 3. The van der Waals surface area contributed by atoms with Gasteiger partial charge in [-0.2, -0.15) is 0 Å². The van der Waals surface area contributed by atoms with Gasteiger partial charge in [-0.15, -0.1) is 0 Å². The van der Waals surface area contributed by atoms with Gasteiger partial charge in [0.15, 0.2) is 0 Å². The Kier molecular flexibility index (Phi) is 2.27. The van der Waals surface area contributed by atoms with Gasteiger partial charge in [0.1, 0.15) is 6.20 Å². The summed E-state index contributed by atoms with van der Waals surface area (Å²) < 4.78 is 23.9. The molecule has 0 radical (unpaired) electrons. The van der Waals surface area contributed by atoms with E-state index in [9.17, 15) is 18.9 Å². The number of halogens is 2. The zero-order valence-corrected chi connectivity index (χ0v) is 5.78. The fraction of sp³-hybridized carbons (Fsp3) is 0.167. The molecule has 0 amide bonds. The standard InChI is InChI=1S/C6H4F2N2O2/c7-6(8)4-1-2-9-5(3-4)10(11)12/h1-3,6H. The van der Waals surface area contributed by atoms with Crippen molar-refractivity contribution < 1.29 is 13.7 Å². The Hall–Kier alpha value is -1.59. The summed E-state index contributed by atoms with van der Waals surface area (Å²) in [7, 11) is 0.